The van der Waals surface area contributed by atoms with Crippen molar-refractivity contribution in [3.63, 3.8) is 0 Å². The van der Waals surface area contributed by atoms with E-state index in [4.69, 9.17) is 10.5 Å². The van der Waals surface area contributed by atoms with Crippen LogP contribution in [0.4, 0.5) is 0 Å². The maximum absolute atomic E-state index is 6.15. The van der Waals surface area contributed by atoms with Crippen LogP contribution in [-0.2, 0) is 11.3 Å². The Balaban J connectivity index is 1.92. The monoisotopic (exact) mass is 311 g/mol. The normalized spacial score (nSPS) is 28.3. The topological polar surface area (TPSA) is 35.2 Å². The zero-order chi connectivity index (χ0) is 13.0. The number of hydrogen-bond acceptors (Lipinski definition) is 2. The van der Waals surface area contributed by atoms with Crippen LogP contribution in [0.1, 0.15) is 38.2 Å². The van der Waals surface area contributed by atoms with Crippen molar-refractivity contribution >= 4 is 15.9 Å². The molecule has 0 saturated heterocycles. The van der Waals surface area contributed by atoms with E-state index in [1.807, 2.05) is 0 Å². The second-order valence-electron chi connectivity index (χ2n) is 5.48. The Labute approximate surface area is 118 Å². The molecule has 18 heavy (non-hydrogen) atoms. The number of benzene rings is 1. The first-order valence-corrected chi connectivity index (χ1v) is 7.51. The van der Waals surface area contributed by atoms with Gasteiger partial charge in [0.1, 0.15) is 0 Å². The van der Waals surface area contributed by atoms with Crippen LogP contribution >= 0.6 is 15.9 Å². The summed E-state index contributed by atoms with van der Waals surface area (Å²) in [5, 5.41) is 0. The lowest BCUT2D eigenvalue weighted by Crippen LogP contribution is -2.43. The summed E-state index contributed by atoms with van der Waals surface area (Å²) in [5.74, 6) is 0.820. The van der Waals surface area contributed by atoms with Crippen molar-refractivity contribution in [3.05, 3.63) is 34.3 Å². The molecule has 1 fully saturated rings. The van der Waals surface area contributed by atoms with Crippen molar-refractivity contribution < 1.29 is 4.74 Å². The molecule has 0 heterocycles. The van der Waals surface area contributed by atoms with Crippen molar-refractivity contribution in [2.45, 2.75) is 44.8 Å². The molecule has 0 aliphatic heterocycles. The van der Waals surface area contributed by atoms with Gasteiger partial charge in [-0.1, -0.05) is 35.0 Å². The van der Waals surface area contributed by atoms with Crippen LogP contribution < -0.4 is 5.73 Å². The fourth-order valence-corrected chi connectivity index (χ4v) is 2.78. The molecule has 1 aromatic rings. The number of ether oxygens (including phenoxy) is 1. The molecule has 0 bridgehead atoms. The smallest absolute Gasteiger partial charge is 0.0808 e. The van der Waals surface area contributed by atoms with Crippen LogP contribution in [0.25, 0.3) is 0 Å². The van der Waals surface area contributed by atoms with E-state index < -0.39 is 0 Å². The fraction of sp³-hybridized carbons (Fsp3) is 0.600. The first-order chi connectivity index (χ1) is 8.63. The molecule has 0 unspecified atom stereocenters. The largest absolute Gasteiger partial charge is 0.369 e. The van der Waals surface area contributed by atoms with E-state index in [2.05, 4.69) is 47.1 Å². The summed E-state index contributed by atoms with van der Waals surface area (Å²) in [6, 6.07) is 8.30. The van der Waals surface area contributed by atoms with Gasteiger partial charge in [0.25, 0.3) is 0 Å². The number of hydrogen-bond donors (Lipinski definition) is 1. The van der Waals surface area contributed by atoms with Gasteiger partial charge in [0, 0.05) is 11.0 Å². The molecular formula is C15H22BrNO. The fourth-order valence-electron chi connectivity index (χ4n) is 2.51. The third-order valence-corrected chi connectivity index (χ3v) is 4.54. The summed E-state index contributed by atoms with van der Waals surface area (Å²) in [5.41, 5.74) is 7.07. The van der Waals surface area contributed by atoms with E-state index in [9.17, 15) is 0 Å². The third-order valence-electron chi connectivity index (χ3n) is 4.02. The summed E-state index contributed by atoms with van der Waals surface area (Å²) >= 11 is 3.44. The third kappa shape index (κ3) is 3.56. The average Bonchev–Trinajstić information content (AvgIpc) is 2.41. The molecule has 0 radical (unpaired) electrons. The molecule has 1 aliphatic rings. The highest BCUT2D eigenvalue weighted by Gasteiger charge is 2.33. The van der Waals surface area contributed by atoms with Gasteiger partial charge >= 0.3 is 0 Å². The van der Waals surface area contributed by atoms with E-state index in [-0.39, 0.29) is 5.60 Å². The minimum absolute atomic E-state index is 0.0837. The number of rotatable bonds is 4. The van der Waals surface area contributed by atoms with Gasteiger partial charge in [0.05, 0.1) is 12.2 Å². The van der Waals surface area contributed by atoms with Crippen molar-refractivity contribution in [1.82, 2.24) is 0 Å². The molecule has 1 saturated carbocycles. The summed E-state index contributed by atoms with van der Waals surface area (Å²) in [6.07, 6.45) is 4.66. The zero-order valence-corrected chi connectivity index (χ0v) is 12.6. The Hall–Kier alpha value is -0.380. The maximum atomic E-state index is 6.15. The SMILES string of the molecule is CC1CCC(CN)(OCc2ccc(Br)cc2)CC1. The summed E-state index contributed by atoms with van der Waals surface area (Å²) in [6.45, 7) is 3.62. The van der Waals surface area contributed by atoms with Crippen LogP contribution in [0.15, 0.2) is 28.7 Å². The lowest BCUT2D eigenvalue weighted by atomic mass is 9.79. The van der Waals surface area contributed by atoms with E-state index in [1.165, 1.54) is 18.4 Å². The molecule has 0 amide bonds. The first-order valence-electron chi connectivity index (χ1n) is 6.72. The van der Waals surface area contributed by atoms with E-state index in [0.29, 0.717) is 13.2 Å². The molecular weight excluding hydrogens is 290 g/mol. The van der Waals surface area contributed by atoms with Crippen LogP contribution in [0.5, 0.6) is 0 Å². The van der Waals surface area contributed by atoms with Gasteiger partial charge in [0.2, 0.25) is 0 Å². The molecule has 2 N–H and O–H groups in total. The highest BCUT2D eigenvalue weighted by molar-refractivity contribution is 9.10. The molecule has 0 atom stereocenters. The summed E-state index contributed by atoms with van der Waals surface area (Å²) < 4.78 is 7.26. The van der Waals surface area contributed by atoms with Gasteiger partial charge in [0.15, 0.2) is 0 Å². The summed E-state index contributed by atoms with van der Waals surface area (Å²) in [4.78, 5) is 0. The van der Waals surface area contributed by atoms with E-state index in [1.54, 1.807) is 0 Å². The van der Waals surface area contributed by atoms with Gasteiger partial charge in [-0.3, -0.25) is 0 Å². The Morgan fingerprint density at radius 2 is 1.89 bits per heavy atom. The van der Waals surface area contributed by atoms with Crippen LogP contribution in [0.2, 0.25) is 0 Å². The highest BCUT2D eigenvalue weighted by Crippen LogP contribution is 2.34. The van der Waals surface area contributed by atoms with Gasteiger partial charge < -0.3 is 10.5 Å². The zero-order valence-electron chi connectivity index (χ0n) is 11.0. The Kier molecular flexibility index (Phi) is 4.82. The first kappa shape index (κ1) is 14.0. The molecule has 1 aromatic carbocycles. The van der Waals surface area contributed by atoms with Crippen LogP contribution in [-0.4, -0.2) is 12.1 Å². The predicted octanol–water partition coefficient (Wildman–Crippen LogP) is 3.87. The van der Waals surface area contributed by atoms with Gasteiger partial charge in [-0.2, -0.15) is 0 Å². The van der Waals surface area contributed by atoms with Crippen molar-refractivity contribution in [2.24, 2.45) is 11.7 Å². The van der Waals surface area contributed by atoms with Gasteiger partial charge in [-0.25, -0.2) is 0 Å². The maximum Gasteiger partial charge on any atom is 0.0808 e. The second-order valence-corrected chi connectivity index (χ2v) is 6.40. The average molecular weight is 312 g/mol. The Morgan fingerprint density at radius 3 is 2.44 bits per heavy atom. The second kappa shape index (κ2) is 6.18. The highest BCUT2D eigenvalue weighted by atomic mass is 79.9. The quantitative estimate of drug-likeness (QED) is 0.916. The summed E-state index contributed by atoms with van der Waals surface area (Å²) in [7, 11) is 0. The lowest BCUT2D eigenvalue weighted by molar-refractivity contribution is -0.0799. The molecule has 0 aromatic heterocycles. The van der Waals surface area contributed by atoms with Crippen molar-refractivity contribution in [1.29, 1.82) is 0 Å². The Bertz CT molecular complexity index is 369. The van der Waals surface area contributed by atoms with Crippen molar-refractivity contribution in [2.75, 3.05) is 6.54 Å². The van der Waals surface area contributed by atoms with E-state index >= 15 is 0 Å². The van der Waals surface area contributed by atoms with Gasteiger partial charge in [-0.15, -0.1) is 0 Å². The van der Waals surface area contributed by atoms with Gasteiger partial charge in [-0.05, 0) is 49.3 Å². The van der Waals surface area contributed by atoms with Crippen LogP contribution in [0, 0.1) is 5.92 Å². The molecule has 1 aliphatic carbocycles. The Morgan fingerprint density at radius 1 is 1.28 bits per heavy atom. The molecule has 2 nitrogen and oxygen atoms in total. The molecule has 100 valence electrons. The van der Waals surface area contributed by atoms with Crippen molar-refractivity contribution in [3.8, 4) is 0 Å². The minimum atomic E-state index is -0.0837. The number of nitrogens with two attached hydrogens (primary N) is 1. The van der Waals surface area contributed by atoms with Crippen LogP contribution in [0.3, 0.4) is 0 Å². The predicted molar refractivity (Wildman–Crippen MR) is 78.3 cm³/mol. The molecule has 0 spiro atoms. The molecule has 2 rings (SSSR count). The molecule has 3 heteroatoms. The lowest BCUT2D eigenvalue weighted by Gasteiger charge is -2.38. The standard InChI is InChI=1S/C15H22BrNO/c1-12-6-8-15(11-17,9-7-12)18-10-13-2-4-14(16)5-3-13/h2-5,12H,6-11,17H2,1H3. The minimum Gasteiger partial charge on any atom is -0.369 e. The van der Waals surface area contributed by atoms with E-state index in [0.717, 1.165) is 23.2 Å². The number of halogens is 1.